The van der Waals surface area contributed by atoms with Crippen LogP contribution in [0.2, 0.25) is 5.02 Å². The standard InChI is InChI=1S/C27H24ClN3O2/c1-15-9-20(17(3)29-23-8-6-5-7-16(23)2)27-21(10-15)24(32)13-25(33-27)18-11-19-14-31(4)30-26(19)22(28)12-18/h5-14,17,29H,1-4H3. The van der Waals surface area contributed by atoms with E-state index < -0.39 is 0 Å². The molecule has 0 saturated heterocycles. The molecule has 2 aromatic heterocycles. The first-order valence-corrected chi connectivity index (χ1v) is 11.2. The predicted octanol–water partition coefficient (Wildman–Crippen LogP) is 6.79. The maximum absolute atomic E-state index is 13.1. The first-order chi connectivity index (χ1) is 15.8. The van der Waals surface area contributed by atoms with Crippen LogP contribution in [-0.2, 0) is 7.05 Å². The van der Waals surface area contributed by atoms with Crippen molar-refractivity contribution in [3.8, 4) is 11.3 Å². The molecule has 0 spiro atoms. The number of fused-ring (bicyclic) bond motifs is 2. The Morgan fingerprint density at radius 2 is 1.88 bits per heavy atom. The van der Waals surface area contributed by atoms with E-state index >= 15 is 0 Å². The molecule has 2 heterocycles. The minimum atomic E-state index is -0.0818. The Hall–Kier alpha value is -3.57. The Kier molecular flexibility index (Phi) is 5.22. The molecule has 5 nitrogen and oxygen atoms in total. The van der Waals surface area contributed by atoms with E-state index in [2.05, 4.69) is 42.5 Å². The lowest BCUT2D eigenvalue weighted by atomic mass is 10.00. The van der Waals surface area contributed by atoms with E-state index in [9.17, 15) is 4.79 Å². The van der Waals surface area contributed by atoms with E-state index in [1.165, 1.54) is 0 Å². The Morgan fingerprint density at radius 3 is 2.67 bits per heavy atom. The fourth-order valence-corrected chi connectivity index (χ4v) is 4.56. The van der Waals surface area contributed by atoms with Gasteiger partial charge in [-0.15, -0.1) is 0 Å². The second kappa shape index (κ2) is 8.09. The van der Waals surface area contributed by atoms with E-state index in [-0.39, 0.29) is 11.5 Å². The van der Waals surface area contributed by atoms with Crippen molar-refractivity contribution in [2.75, 3.05) is 5.32 Å². The van der Waals surface area contributed by atoms with E-state index in [0.29, 0.717) is 21.8 Å². The number of hydrogen-bond donors (Lipinski definition) is 1. The average Bonchev–Trinajstić information content (AvgIpc) is 3.16. The molecule has 1 atom stereocenters. The maximum Gasteiger partial charge on any atom is 0.193 e. The molecular formula is C27H24ClN3O2. The van der Waals surface area contributed by atoms with E-state index in [1.807, 2.05) is 44.4 Å². The van der Waals surface area contributed by atoms with Crippen molar-refractivity contribution >= 4 is 39.2 Å². The number of nitrogens with zero attached hydrogens (tertiary/aromatic N) is 2. The fraction of sp³-hybridized carbons (Fsp3) is 0.185. The smallest absolute Gasteiger partial charge is 0.193 e. The lowest BCUT2D eigenvalue weighted by Gasteiger charge is -2.19. The van der Waals surface area contributed by atoms with Crippen molar-refractivity contribution in [2.24, 2.45) is 7.05 Å². The van der Waals surface area contributed by atoms with Crippen molar-refractivity contribution in [3.05, 3.63) is 92.7 Å². The molecule has 0 aliphatic carbocycles. The summed E-state index contributed by atoms with van der Waals surface area (Å²) in [6.07, 6.45) is 1.90. The molecule has 0 radical (unpaired) electrons. The minimum Gasteiger partial charge on any atom is -0.455 e. The van der Waals surface area contributed by atoms with Crippen molar-refractivity contribution < 1.29 is 4.42 Å². The SMILES string of the molecule is Cc1cc(C(C)Nc2ccccc2C)c2oc(-c3cc(Cl)c4nn(C)cc4c3)cc(=O)c2c1. The van der Waals surface area contributed by atoms with Crippen LogP contribution in [-0.4, -0.2) is 9.78 Å². The lowest BCUT2D eigenvalue weighted by molar-refractivity contribution is 0.610. The highest BCUT2D eigenvalue weighted by Crippen LogP contribution is 2.33. The van der Waals surface area contributed by atoms with Crippen LogP contribution in [0.3, 0.4) is 0 Å². The topological polar surface area (TPSA) is 60.1 Å². The summed E-state index contributed by atoms with van der Waals surface area (Å²) >= 11 is 6.49. The fourth-order valence-electron chi connectivity index (χ4n) is 4.30. The molecule has 0 aliphatic rings. The number of aromatic nitrogens is 2. The summed E-state index contributed by atoms with van der Waals surface area (Å²) in [5, 5.41) is 9.94. The van der Waals surface area contributed by atoms with E-state index in [0.717, 1.165) is 38.8 Å². The number of benzene rings is 3. The largest absolute Gasteiger partial charge is 0.455 e. The first-order valence-electron chi connectivity index (χ1n) is 10.8. The van der Waals surface area contributed by atoms with Gasteiger partial charge in [0.25, 0.3) is 0 Å². The van der Waals surface area contributed by atoms with Crippen LogP contribution in [0.1, 0.15) is 29.7 Å². The van der Waals surface area contributed by atoms with Crippen LogP contribution in [0, 0.1) is 13.8 Å². The van der Waals surface area contributed by atoms with Gasteiger partial charge in [0.2, 0.25) is 0 Å². The molecule has 5 aromatic rings. The van der Waals surface area contributed by atoms with Crippen molar-refractivity contribution in [2.45, 2.75) is 26.8 Å². The first kappa shape index (κ1) is 21.3. The Balaban J connectivity index is 1.67. The van der Waals surface area contributed by atoms with Crippen molar-refractivity contribution in [1.29, 1.82) is 0 Å². The van der Waals surface area contributed by atoms with Gasteiger partial charge in [0, 0.05) is 41.5 Å². The monoisotopic (exact) mass is 457 g/mol. The Labute approximate surface area is 196 Å². The number of rotatable bonds is 4. The third-order valence-electron chi connectivity index (χ3n) is 5.95. The van der Waals surface area contributed by atoms with Gasteiger partial charge in [0.05, 0.1) is 16.5 Å². The molecule has 33 heavy (non-hydrogen) atoms. The van der Waals surface area contributed by atoms with Crippen molar-refractivity contribution in [1.82, 2.24) is 9.78 Å². The van der Waals surface area contributed by atoms with Gasteiger partial charge in [-0.2, -0.15) is 5.10 Å². The molecule has 0 bridgehead atoms. The second-order valence-corrected chi connectivity index (χ2v) is 8.99. The quantitative estimate of drug-likeness (QED) is 0.322. The van der Waals surface area contributed by atoms with Crippen LogP contribution in [0.5, 0.6) is 0 Å². The highest BCUT2D eigenvalue weighted by atomic mass is 35.5. The molecule has 166 valence electrons. The summed E-state index contributed by atoms with van der Waals surface area (Å²) in [4.78, 5) is 13.1. The van der Waals surface area contributed by atoms with E-state index in [1.54, 1.807) is 16.8 Å². The van der Waals surface area contributed by atoms with Crippen LogP contribution >= 0.6 is 11.6 Å². The zero-order valence-corrected chi connectivity index (χ0v) is 19.7. The lowest BCUT2D eigenvalue weighted by Crippen LogP contribution is -2.10. The second-order valence-electron chi connectivity index (χ2n) is 8.59. The molecule has 6 heteroatoms. The van der Waals surface area contributed by atoms with Gasteiger partial charge in [-0.1, -0.05) is 35.9 Å². The summed E-state index contributed by atoms with van der Waals surface area (Å²) in [5.74, 6) is 0.480. The van der Waals surface area contributed by atoms with Crippen LogP contribution in [0.15, 0.2) is 70.0 Å². The number of hydrogen-bond acceptors (Lipinski definition) is 4. The van der Waals surface area contributed by atoms with Gasteiger partial charge in [-0.3, -0.25) is 9.48 Å². The highest BCUT2D eigenvalue weighted by Gasteiger charge is 2.18. The van der Waals surface area contributed by atoms with Gasteiger partial charge in [-0.25, -0.2) is 0 Å². The number of para-hydroxylation sites is 1. The predicted molar refractivity (Wildman–Crippen MR) is 135 cm³/mol. The van der Waals surface area contributed by atoms with Gasteiger partial charge in [0.1, 0.15) is 16.9 Å². The normalized spacial score (nSPS) is 12.4. The molecule has 0 saturated carbocycles. The molecule has 0 aliphatic heterocycles. The molecule has 1 N–H and O–H groups in total. The molecule has 1 unspecified atom stereocenters. The zero-order valence-electron chi connectivity index (χ0n) is 18.9. The molecular weight excluding hydrogens is 434 g/mol. The summed E-state index contributed by atoms with van der Waals surface area (Å²) in [6.45, 7) is 6.14. The number of anilines is 1. The third-order valence-corrected chi connectivity index (χ3v) is 6.23. The summed E-state index contributed by atoms with van der Waals surface area (Å²) in [7, 11) is 1.85. The highest BCUT2D eigenvalue weighted by molar-refractivity contribution is 6.35. The maximum atomic E-state index is 13.1. The van der Waals surface area contributed by atoms with Gasteiger partial charge in [0.15, 0.2) is 5.43 Å². The van der Waals surface area contributed by atoms with Gasteiger partial charge in [-0.05, 0) is 56.2 Å². The minimum absolute atomic E-state index is 0.0729. The third kappa shape index (κ3) is 3.89. The molecule has 0 fully saturated rings. The summed E-state index contributed by atoms with van der Waals surface area (Å²) in [5.41, 5.74) is 6.11. The number of nitrogens with one attached hydrogen (secondary N) is 1. The zero-order chi connectivity index (χ0) is 23.3. The molecule has 0 amide bonds. The molecule has 3 aromatic carbocycles. The van der Waals surface area contributed by atoms with Gasteiger partial charge >= 0.3 is 0 Å². The summed E-state index contributed by atoms with van der Waals surface area (Å²) < 4.78 is 8.11. The summed E-state index contributed by atoms with van der Waals surface area (Å²) in [6, 6.07) is 17.3. The average molecular weight is 458 g/mol. The molecule has 5 rings (SSSR count). The number of aryl methyl sites for hydroxylation is 3. The van der Waals surface area contributed by atoms with Crippen LogP contribution in [0.4, 0.5) is 5.69 Å². The number of halogens is 1. The van der Waals surface area contributed by atoms with Crippen LogP contribution < -0.4 is 10.7 Å². The van der Waals surface area contributed by atoms with Gasteiger partial charge < -0.3 is 9.73 Å². The Bertz CT molecular complexity index is 1580. The van der Waals surface area contributed by atoms with Crippen molar-refractivity contribution in [3.63, 3.8) is 0 Å². The van der Waals surface area contributed by atoms with E-state index in [4.69, 9.17) is 16.0 Å². The van der Waals surface area contributed by atoms with Crippen LogP contribution in [0.25, 0.3) is 33.2 Å². The Morgan fingerprint density at radius 1 is 1.09 bits per heavy atom.